The lowest BCUT2D eigenvalue weighted by Crippen LogP contribution is -2.15. The zero-order valence-electron chi connectivity index (χ0n) is 8.36. The number of rotatable bonds is 2. The lowest BCUT2D eigenvalue weighted by atomic mass is 9.96. The molecule has 0 aromatic carbocycles. The number of hydrogen-bond acceptors (Lipinski definition) is 4. The molecule has 0 atom stereocenters. The molecular formula is C10H15N3O. The number of nitrogens with one attached hydrogen (secondary N) is 1. The van der Waals surface area contributed by atoms with E-state index in [0.717, 1.165) is 31.7 Å². The Hall–Kier alpha value is -1.16. The maximum atomic E-state index is 5.32. The second-order valence-corrected chi connectivity index (χ2v) is 3.44. The Morgan fingerprint density at radius 2 is 2.21 bits per heavy atom. The van der Waals surface area contributed by atoms with E-state index in [2.05, 4.69) is 15.3 Å². The van der Waals surface area contributed by atoms with E-state index >= 15 is 0 Å². The first-order valence-corrected chi connectivity index (χ1v) is 4.98. The van der Waals surface area contributed by atoms with E-state index < -0.39 is 0 Å². The Morgan fingerprint density at radius 3 is 2.93 bits per heavy atom. The Morgan fingerprint density at radius 1 is 1.43 bits per heavy atom. The van der Waals surface area contributed by atoms with Gasteiger partial charge in [-0.1, -0.05) is 0 Å². The van der Waals surface area contributed by atoms with Crippen LogP contribution in [-0.4, -0.2) is 30.2 Å². The zero-order chi connectivity index (χ0) is 9.80. The topological polar surface area (TPSA) is 47.0 Å². The molecule has 1 aliphatic heterocycles. The minimum absolute atomic E-state index is 0.541. The van der Waals surface area contributed by atoms with E-state index in [-0.39, 0.29) is 0 Å². The van der Waals surface area contributed by atoms with Crippen LogP contribution in [0.5, 0.6) is 0 Å². The molecule has 14 heavy (non-hydrogen) atoms. The number of ether oxygens (including phenoxy) is 1. The highest BCUT2D eigenvalue weighted by molar-refractivity contribution is 5.25. The van der Waals surface area contributed by atoms with Gasteiger partial charge in [0.05, 0.1) is 0 Å². The van der Waals surface area contributed by atoms with Crippen LogP contribution in [0.4, 0.5) is 5.95 Å². The third-order valence-corrected chi connectivity index (χ3v) is 2.54. The molecule has 76 valence electrons. The molecule has 1 aliphatic rings. The first-order chi connectivity index (χ1) is 6.90. The van der Waals surface area contributed by atoms with E-state index in [4.69, 9.17) is 4.74 Å². The van der Waals surface area contributed by atoms with Crippen molar-refractivity contribution in [3.8, 4) is 0 Å². The van der Waals surface area contributed by atoms with Crippen LogP contribution in [0.15, 0.2) is 12.3 Å². The van der Waals surface area contributed by atoms with Crippen LogP contribution in [0.3, 0.4) is 0 Å². The summed E-state index contributed by atoms with van der Waals surface area (Å²) in [7, 11) is 1.84. The summed E-state index contributed by atoms with van der Waals surface area (Å²) in [6.45, 7) is 1.70. The molecule has 0 radical (unpaired) electrons. The van der Waals surface area contributed by atoms with Crippen molar-refractivity contribution >= 4 is 5.95 Å². The summed E-state index contributed by atoms with van der Waals surface area (Å²) in [4.78, 5) is 8.54. The normalized spacial score (nSPS) is 18.1. The van der Waals surface area contributed by atoms with Crippen molar-refractivity contribution in [1.29, 1.82) is 0 Å². The molecule has 0 aliphatic carbocycles. The predicted octanol–water partition coefficient (Wildman–Crippen LogP) is 1.41. The minimum Gasteiger partial charge on any atom is -0.381 e. The van der Waals surface area contributed by atoms with Crippen molar-refractivity contribution < 1.29 is 4.74 Å². The molecule has 2 heterocycles. The first kappa shape index (κ1) is 9.40. The maximum Gasteiger partial charge on any atom is 0.222 e. The molecular weight excluding hydrogens is 178 g/mol. The molecule has 1 aromatic heterocycles. The average molecular weight is 193 g/mol. The number of aromatic nitrogens is 2. The summed E-state index contributed by atoms with van der Waals surface area (Å²) in [5.74, 6) is 1.24. The molecule has 1 fully saturated rings. The molecule has 0 amide bonds. The Bertz CT molecular complexity index is 297. The monoisotopic (exact) mass is 193 g/mol. The van der Waals surface area contributed by atoms with Gasteiger partial charge in [-0.2, -0.15) is 0 Å². The SMILES string of the molecule is CNc1nccc(C2CCOCC2)n1. The van der Waals surface area contributed by atoms with Crippen LogP contribution >= 0.6 is 0 Å². The molecule has 0 unspecified atom stereocenters. The molecule has 1 aromatic rings. The second kappa shape index (κ2) is 4.37. The summed E-state index contributed by atoms with van der Waals surface area (Å²) in [5, 5.41) is 2.95. The van der Waals surface area contributed by atoms with Crippen LogP contribution in [0, 0.1) is 0 Å². The minimum atomic E-state index is 0.541. The Kier molecular flexibility index (Phi) is 2.93. The maximum absolute atomic E-state index is 5.32. The van der Waals surface area contributed by atoms with E-state index in [1.54, 1.807) is 0 Å². The van der Waals surface area contributed by atoms with E-state index in [1.807, 2.05) is 19.3 Å². The van der Waals surface area contributed by atoms with Crippen molar-refractivity contribution in [1.82, 2.24) is 9.97 Å². The van der Waals surface area contributed by atoms with Gasteiger partial charge in [0, 0.05) is 38.1 Å². The lowest BCUT2D eigenvalue weighted by molar-refractivity contribution is 0.0845. The quantitative estimate of drug-likeness (QED) is 0.771. The smallest absolute Gasteiger partial charge is 0.222 e. The van der Waals surface area contributed by atoms with Crippen molar-refractivity contribution in [2.45, 2.75) is 18.8 Å². The van der Waals surface area contributed by atoms with Gasteiger partial charge < -0.3 is 10.1 Å². The Labute approximate surface area is 83.7 Å². The van der Waals surface area contributed by atoms with Crippen LogP contribution in [-0.2, 0) is 4.74 Å². The standard InChI is InChI=1S/C10H15N3O/c1-11-10-12-5-2-9(13-10)8-3-6-14-7-4-8/h2,5,8H,3-4,6-7H2,1H3,(H,11,12,13). The van der Waals surface area contributed by atoms with Gasteiger partial charge in [0.15, 0.2) is 0 Å². The molecule has 1 saturated heterocycles. The van der Waals surface area contributed by atoms with Crippen LogP contribution in [0.25, 0.3) is 0 Å². The van der Waals surface area contributed by atoms with Gasteiger partial charge in [-0.3, -0.25) is 0 Å². The summed E-state index contributed by atoms with van der Waals surface area (Å²) in [6, 6.07) is 2.00. The van der Waals surface area contributed by atoms with Gasteiger partial charge in [-0.25, -0.2) is 9.97 Å². The fraction of sp³-hybridized carbons (Fsp3) is 0.600. The summed E-state index contributed by atoms with van der Waals surface area (Å²) in [5.41, 5.74) is 1.13. The fourth-order valence-corrected chi connectivity index (χ4v) is 1.71. The molecule has 4 heteroatoms. The fourth-order valence-electron chi connectivity index (χ4n) is 1.71. The first-order valence-electron chi connectivity index (χ1n) is 4.98. The zero-order valence-corrected chi connectivity index (χ0v) is 8.36. The Balaban J connectivity index is 2.13. The van der Waals surface area contributed by atoms with Gasteiger partial charge in [0.2, 0.25) is 5.95 Å². The van der Waals surface area contributed by atoms with Gasteiger partial charge >= 0.3 is 0 Å². The largest absolute Gasteiger partial charge is 0.381 e. The molecule has 4 nitrogen and oxygen atoms in total. The third-order valence-electron chi connectivity index (χ3n) is 2.54. The van der Waals surface area contributed by atoms with Crippen molar-refractivity contribution in [3.05, 3.63) is 18.0 Å². The van der Waals surface area contributed by atoms with Crippen LogP contribution < -0.4 is 5.32 Å². The van der Waals surface area contributed by atoms with E-state index in [0.29, 0.717) is 11.9 Å². The van der Waals surface area contributed by atoms with Crippen LogP contribution in [0.2, 0.25) is 0 Å². The predicted molar refractivity (Wildman–Crippen MR) is 54.4 cm³/mol. The van der Waals surface area contributed by atoms with Gasteiger partial charge in [0.25, 0.3) is 0 Å². The van der Waals surface area contributed by atoms with Gasteiger partial charge in [0.1, 0.15) is 0 Å². The third kappa shape index (κ3) is 2.01. The van der Waals surface area contributed by atoms with E-state index in [1.165, 1.54) is 0 Å². The summed E-state index contributed by atoms with van der Waals surface area (Å²) >= 11 is 0. The van der Waals surface area contributed by atoms with Gasteiger partial charge in [-0.05, 0) is 18.9 Å². The summed E-state index contributed by atoms with van der Waals surface area (Å²) in [6.07, 6.45) is 3.95. The number of anilines is 1. The highest BCUT2D eigenvalue weighted by atomic mass is 16.5. The molecule has 2 rings (SSSR count). The lowest BCUT2D eigenvalue weighted by Gasteiger charge is -2.21. The highest BCUT2D eigenvalue weighted by Crippen LogP contribution is 2.25. The van der Waals surface area contributed by atoms with Gasteiger partial charge in [-0.15, -0.1) is 0 Å². The second-order valence-electron chi connectivity index (χ2n) is 3.44. The molecule has 1 N–H and O–H groups in total. The molecule has 0 saturated carbocycles. The molecule has 0 spiro atoms. The van der Waals surface area contributed by atoms with Crippen molar-refractivity contribution in [2.24, 2.45) is 0 Å². The van der Waals surface area contributed by atoms with E-state index in [9.17, 15) is 0 Å². The van der Waals surface area contributed by atoms with Crippen LogP contribution in [0.1, 0.15) is 24.5 Å². The van der Waals surface area contributed by atoms with Crippen molar-refractivity contribution in [3.63, 3.8) is 0 Å². The summed E-state index contributed by atoms with van der Waals surface area (Å²) < 4.78 is 5.32. The average Bonchev–Trinajstić information content (AvgIpc) is 2.30. The molecule has 0 bridgehead atoms. The number of nitrogens with zero attached hydrogens (tertiary/aromatic N) is 2. The highest BCUT2D eigenvalue weighted by Gasteiger charge is 2.17. The van der Waals surface area contributed by atoms with Crippen molar-refractivity contribution in [2.75, 3.05) is 25.6 Å². The number of hydrogen-bond donors (Lipinski definition) is 1.